The molecule has 1 aliphatic heterocycles. The van der Waals surface area contributed by atoms with E-state index in [0.717, 1.165) is 5.56 Å². The second-order valence-corrected chi connectivity index (χ2v) is 7.13. The third-order valence-electron chi connectivity index (χ3n) is 3.70. The fourth-order valence-electron chi connectivity index (χ4n) is 2.47. The van der Waals surface area contributed by atoms with E-state index in [1.165, 1.54) is 18.4 Å². The van der Waals surface area contributed by atoms with Gasteiger partial charge in [0.25, 0.3) is 10.0 Å². The summed E-state index contributed by atoms with van der Waals surface area (Å²) in [5.74, 6) is 1.66. The topological polar surface area (TPSA) is 90.7 Å². The van der Waals surface area contributed by atoms with Gasteiger partial charge in [-0.3, -0.25) is 4.72 Å². The zero-order valence-corrected chi connectivity index (χ0v) is 14.0. The highest BCUT2D eigenvalue weighted by Crippen LogP contribution is 2.34. The smallest absolute Gasteiger partial charge is 0.261 e. The van der Waals surface area contributed by atoms with E-state index in [4.69, 9.17) is 13.9 Å². The van der Waals surface area contributed by atoms with Gasteiger partial charge < -0.3 is 13.9 Å². The molecule has 0 amide bonds. The van der Waals surface area contributed by atoms with Gasteiger partial charge in [-0.1, -0.05) is 12.1 Å². The summed E-state index contributed by atoms with van der Waals surface area (Å²) in [5.41, 5.74) is 1.84. The molecule has 0 fully saturated rings. The predicted octanol–water partition coefficient (Wildman–Crippen LogP) is 3.18. The fraction of sp³-hybridized carbons (Fsp3) is 0.118. The molecular weight excluding hydrogens is 344 g/mol. The van der Waals surface area contributed by atoms with Crippen LogP contribution in [0.15, 0.2) is 58.0 Å². The third-order valence-corrected chi connectivity index (χ3v) is 5.10. The Bertz CT molecular complexity index is 1030. The van der Waals surface area contributed by atoms with Crippen LogP contribution in [0.1, 0.15) is 5.89 Å². The number of aromatic nitrogens is 1. The summed E-state index contributed by atoms with van der Waals surface area (Å²) in [5, 5.41) is 0. The first kappa shape index (κ1) is 15.5. The summed E-state index contributed by atoms with van der Waals surface area (Å²) in [6.45, 7) is 1.88. The summed E-state index contributed by atoms with van der Waals surface area (Å²) in [7, 11) is -3.71. The first-order valence-corrected chi connectivity index (χ1v) is 8.95. The summed E-state index contributed by atoms with van der Waals surface area (Å²) in [4.78, 5) is 4.36. The molecule has 1 aliphatic rings. The Balaban J connectivity index is 1.57. The quantitative estimate of drug-likeness (QED) is 0.770. The van der Waals surface area contributed by atoms with Crippen molar-refractivity contribution in [2.24, 2.45) is 0 Å². The number of oxazole rings is 1. The van der Waals surface area contributed by atoms with Crippen molar-refractivity contribution in [2.75, 3.05) is 11.5 Å². The van der Waals surface area contributed by atoms with Crippen LogP contribution in [0.4, 0.5) is 5.69 Å². The van der Waals surface area contributed by atoms with Gasteiger partial charge >= 0.3 is 0 Å². The molecule has 8 heteroatoms. The maximum Gasteiger partial charge on any atom is 0.261 e. The van der Waals surface area contributed by atoms with Gasteiger partial charge in [0.2, 0.25) is 6.79 Å². The van der Waals surface area contributed by atoms with Crippen molar-refractivity contribution >= 4 is 15.7 Å². The van der Waals surface area contributed by atoms with E-state index in [1.807, 2.05) is 0 Å². The Morgan fingerprint density at radius 3 is 2.52 bits per heavy atom. The molecule has 128 valence electrons. The molecule has 0 bridgehead atoms. The molecule has 0 spiro atoms. The molecule has 0 unspecified atom stereocenters. The van der Waals surface area contributed by atoms with E-state index in [-0.39, 0.29) is 11.7 Å². The van der Waals surface area contributed by atoms with E-state index in [2.05, 4.69) is 9.71 Å². The lowest BCUT2D eigenvalue weighted by molar-refractivity contribution is 0.174. The summed E-state index contributed by atoms with van der Waals surface area (Å²) < 4.78 is 43.2. The maximum absolute atomic E-state index is 12.5. The third kappa shape index (κ3) is 3.03. The Kier molecular flexibility index (Phi) is 3.61. The molecule has 0 atom stereocenters. The standard InChI is InChI=1S/C17H14N2O5S/c1-11-18-15(9-22-11)12-2-5-14(6-3-12)25(20,21)19-13-4-7-16-17(8-13)24-10-23-16/h2-9,19H,10H2,1H3. The minimum atomic E-state index is -3.71. The zero-order valence-electron chi connectivity index (χ0n) is 13.2. The number of fused-ring (bicyclic) bond motifs is 1. The number of nitrogens with zero attached hydrogens (tertiary/aromatic N) is 1. The van der Waals surface area contributed by atoms with Crippen molar-refractivity contribution in [3.05, 3.63) is 54.6 Å². The van der Waals surface area contributed by atoms with Crippen LogP contribution in [0.2, 0.25) is 0 Å². The largest absolute Gasteiger partial charge is 0.454 e. The molecule has 3 aromatic rings. The number of rotatable bonds is 4. The number of sulfonamides is 1. The SMILES string of the molecule is Cc1nc(-c2ccc(S(=O)(=O)Nc3ccc4c(c3)OCO4)cc2)co1. The van der Waals surface area contributed by atoms with Crippen LogP contribution < -0.4 is 14.2 Å². The van der Waals surface area contributed by atoms with Crippen LogP contribution in [0.3, 0.4) is 0 Å². The van der Waals surface area contributed by atoms with Crippen molar-refractivity contribution in [3.8, 4) is 22.8 Å². The number of ether oxygens (including phenoxy) is 2. The summed E-state index contributed by atoms with van der Waals surface area (Å²) >= 11 is 0. The molecule has 1 aromatic heterocycles. The molecular formula is C17H14N2O5S. The van der Waals surface area contributed by atoms with Gasteiger partial charge in [0.1, 0.15) is 12.0 Å². The summed E-state index contributed by atoms with van der Waals surface area (Å²) in [6, 6.07) is 11.3. The lowest BCUT2D eigenvalue weighted by Gasteiger charge is -2.09. The molecule has 0 aliphatic carbocycles. The predicted molar refractivity (Wildman–Crippen MR) is 90.0 cm³/mol. The van der Waals surface area contributed by atoms with Crippen molar-refractivity contribution in [1.82, 2.24) is 4.98 Å². The Morgan fingerprint density at radius 1 is 1.04 bits per heavy atom. The van der Waals surface area contributed by atoms with Gasteiger partial charge in [-0.05, 0) is 24.3 Å². The van der Waals surface area contributed by atoms with Crippen molar-refractivity contribution in [1.29, 1.82) is 0 Å². The fourth-order valence-corrected chi connectivity index (χ4v) is 3.52. The summed E-state index contributed by atoms with van der Waals surface area (Å²) in [6.07, 6.45) is 1.53. The molecule has 0 saturated carbocycles. The first-order chi connectivity index (χ1) is 12.0. The first-order valence-electron chi connectivity index (χ1n) is 7.46. The van der Waals surface area contributed by atoms with Gasteiger partial charge in [-0.15, -0.1) is 0 Å². The second-order valence-electron chi connectivity index (χ2n) is 5.45. The maximum atomic E-state index is 12.5. The number of nitrogens with one attached hydrogen (secondary N) is 1. The normalized spacial score (nSPS) is 13.0. The highest BCUT2D eigenvalue weighted by Gasteiger charge is 2.18. The number of benzene rings is 2. The van der Waals surface area contributed by atoms with Crippen LogP contribution in [0.5, 0.6) is 11.5 Å². The van der Waals surface area contributed by atoms with E-state index in [1.54, 1.807) is 37.3 Å². The number of hydrogen-bond donors (Lipinski definition) is 1. The van der Waals surface area contributed by atoms with Crippen molar-refractivity contribution in [2.45, 2.75) is 11.8 Å². The highest BCUT2D eigenvalue weighted by atomic mass is 32.2. The average Bonchev–Trinajstić information content (AvgIpc) is 3.23. The van der Waals surface area contributed by atoms with Gasteiger partial charge in [-0.25, -0.2) is 13.4 Å². The number of aryl methyl sites for hydroxylation is 1. The molecule has 25 heavy (non-hydrogen) atoms. The Labute approximate surface area is 144 Å². The Morgan fingerprint density at radius 2 is 1.80 bits per heavy atom. The van der Waals surface area contributed by atoms with Gasteiger partial charge in [0.15, 0.2) is 17.4 Å². The minimum absolute atomic E-state index is 0.133. The Hall–Kier alpha value is -3.00. The molecule has 1 N–H and O–H groups in total. The highest BCUT2D eigenvalue weighted by molar-refractivity contribution is 7.92. The lowest BCUT2D eigenvalue weighted by atomic mass is 10.2. The van der Waals surface area contributed by atoms with Crippen molar-refractivity contribution in [3.63, 3.8) is 0 Å². The molecule has 2 aromatic carbocycles. The van der Waals surface area contributed by atoms with Gasteiger partial charge in [-0.2, -0.15) is 0 Å². The molecule has 0 saturated heterocycles. The second kappa shape index (κ2) is 5.82. The zero-order chi connectivity index (χ0) is 17.4. The van der Waals surface area contributed by atoms with Crippen LogP contribution in [-0.2, 0) is 10.0 Å². The van der Waals surface area contributed by atoms with E-state index >= 15 is 0 Å². The van der Waals surface area contributed by atoms with E-state index in [9.17, 15) is 8.42 Å². The average molecular weight is 358 g/mol. The lowest BCUT2D eigenvalue weighted by Crippen LogP contribution is -2.12. The van der Waals surface area contributed by atoms with Crippen LogP contribution in [0, 0.1) is 6.92 Å². The van der Waals surface area contributed by atoms with Crippen molar-refractivity contribution < 1.29 is 22.3 Å². The molecule has 0 radical (unpaired) electrons. The number of hydrogen-bond acceptors (Lipinski definition) is 6. The number of anilines is 1. The van der Waals surface area contributed by atoms with E-state index < -0.39 is 10.0 Å². The van der Waals surface area contributed by atoms with Gasteiger partial charge in [0.05, 0.1) is 10.6 Å². The molecule has 7 nitrogen and oxygen atoms in total. The van der Waals surface area contributed by atoms with Crippen LogP contribution in [0.25, 0.3) is 11.3 Å². The van der Waals surface area contributed by atoms with Gasteiger partial charge in [0, 0.05) is 18.6 Å². The molecule has 4 rings (SSSR count). The van der Waals surface area contributed by atoms with Crippen LogP contribution >= 0.6 is 0 Å². The molecule has 2 heterocycles. The van der Waals surface area contributed by atoms with E-state index in [0.29, 0.717) is 28.8 Å². The van der Waals surface area contributed by atoms with Crippen LogP contribution in [-0.4, -0.2) is 20.2 Å². The monoisotopic (exact) mass is 358 g/mol. The minimum Gasteiger partial charge on any atom is -0.454 e.